The molecule has 9 heteroatoms. The lowest BCUT2D eigenvalue weighted by Crippen LogP contribution is -2.15. The van der Waals surface area contributed by atoms with Crippen molar-refractivity contribution in [3.63, 3.8) is 0 Å². The van der Waals surface area contributed by atoms with Gasteiger partial charge in [-0.1, -0.05) is 11.6 Å². The zero-order valence-corrected chi connectivity index (χ0v) is 10.8. The molecule has 0 saturated heterocycles. The summed E-state index contributed by atoms with van der Waals surface area (Å²) in [5.41, 5.74) is -1.03. The van der Waals surface area contributed by atoms with Crippen LogP contribution in [-0.4, -0.2) is 20.7 Å². The summed E-state index contributed by atoms with van der Waals surface area (Å²) >= 11 is 5.73. The van der Waals surface area contributed by atoms with Gasteiger partial charge >= 0.3 is 6.18 Å². The number of pyridine rings is 1. The van der Waals surface area contributed by atoms with Crippen molar-refractivity contribution in [1.29, 1.82) is 0 Å². The zero-order chi connectivity index (χ0) is 14.9. The molecule has 106 valence electrons. The second kappa shape index (κ2) is 5.12. The third-order valence-corrected chi connectivity index (χ3v) is 2.72. The summed E-state index contributed by atoms with van der Waals surface area (Å²) in [5, 5.41) is 5.54. The van der Waals surface area contributed by atoms with Crippen molar-refractivity contribution in [2.75, 3.05) is 5.32 Å². The standard InChI is InChI=1S/C11H8ClF3N4O/c1-19-8(5-7(18-19)11(13,14)15)17-10(20)6-3-2-4-16-9(6)12/h2-5H,1H3,(H,17,20). The molecule has 1 N–H and O–H groups in total. The van der Waals surface area contributed by atoms with E-state index in [0.29, 0.717) is 0 Å². The van der Waals surface area contributed by atoms with Crippen molar-refractivity contribution >= 4 is 23.3 Å². The second-order valence-electron chi connectivity index (χ2n) is 3.83. The van der Waals surface area contributed by atoms with E-state index in [2.05, 4.69) is 15.4 Å². The third-order valence-electron chi connectivity index (χ3n) is 2.42. The number of amides is 1. The maximum atomic E-state index is 12.5. The van der Waals surface area contributed by atoms with Crippen LogP contribution >= 0.6 is 11.6 Å². The van der Waals surface area contributed by atoms with E-state index in [1.807, 2.05) is 0 Å². The van der Waals surface area contributed by atoms with Gasteiger partial charge in [0, 0.05) is 19.3 Å². The van der Waals surface area contributed by atoms with Gasteiger partial charge < -0.3 is 5.32 Å². The Bertz CT molecular complexity index is 653. The molecule has 0 radical (unpaired) electrons. The van der Waals surface area contributed by atoms with Crippen LogP contribution in [0.3, 0.4) is 0 Å². The molecule has 0 atom stereocenters. The molecule has 1 amide bonds. The molecule has 0 aliphatic carbocycles. The quantitative estimate of drug-likeness (QED) is 0.868. The molecule has 0 unspecified atom stereocenters. The number of hydrogen-bond acceptors (Lipinski definition) is 3. The number of aromatic nitrogens is 3. The normalized spacial score (nSPS) is 11.4. The molecule has 2 heterocycles. The van der Waals surface area contributed by atoms with E-state index >= 15 is 0 Å². The highest BCUT2D eigenvalue weighted by molar-refractivity contribution is 6.33. The van der Waals surface area contributed by atoms with Crippen molar-refractivity contribution in [3.05, 3.63) is 40.8 Å². The largest absolute Gasteiger partial charge is 0.435 e. The Morgan fingerprint density at radius 2 is 2.15 bits per heavy atom. The molecule has 0 aliphatic rings. The summed E-state index contributed by atoms with van der Waals surface area (Å²) in [6.07, 6.45) is -3.18. The SMILES string of the molecule is Cn1nc(C(F)(F)F)cc1NC(=O)c1cccnc1Cl. The second-order valence-corrected chi connectivity index (χ2v) is 4.19. The monoisotopic (exact) mass is 304 g/mol. The summed E-state index contributed by atoms with van der Waals surface area (Å²) in [6.45, 7) is 0. The predicted molar refractivity (Wildman–Crippen MR) is 65.4 cm³/mol. The maximum absolute atomic E-state index is 12.5. The van der Waals surface area contributed by atoms with Gasteiger partial charge in [-0.3, -0.25) is 9.48 Å². The van der Waals surface area contributed by atoms with Crippen molar-refractivity contribution < 1.29 is 18.0 Å². The molecule has 0 saturated carbocycles. The first-order valence-electron chi connectivity index (χ1n) is 5.32. The van der Waals surface area contributed by atoms with E-state index in [0.717, 1.165) is 10.7 Å². The van der Waals surface area contributed by atoms with Gasteiger partial charge in [0.15, 0.2) is 5.69 Å². The van der Waals surface area contributed by atoms with E-state index in [9.17, 15) is 18.0 Å². The molecule has 20 heavy (non-hydrogen) atoms. The molecule has 0 fully saturated rings. The Balaban J connectivity index is 2.25. The molecule has 2 aromatic heterocycles. The molecule has 2 aromatic rings. The number of nitrogens with one attached hydrogen (secondary N) is 1. The average Bonchev–Trinajstić information content (AvgIpc) is 2.71. The minimum atomic E-state index is -4.58. The van der Waals surface area contributed by atoms with Gasteiger partial charge in [0.25, 0.3) is 5.91 Å². The number of carbonyl (C=O) groups is 1. The minimum absolute atomic E-state index is 0.0387. The minimum Gasteiger partial charge on any atom is -0.307 e. The van der Waals surface area contributed by atoms with Gasteiger partial charge in [0.1, 0.15) is 11.0 Å². The number of carbonyl (C=O) groups excluding carboxylic acids is 1. The van der Waals surface area contributed by atoms with E-state index in [1.165, 1.54) is 25.4 Å². The first-order chi connectivity index (χ1) is 9.29. The first-order valence-corrected chi connectivity index (χ1v) is 5.70. The Morgan fingerprint density at radius 1 is 1.45 bits per heavy atom. The van der Waals surface area contributed by atoms with Gasteiger partial charge in [-0.25, -0.2) is 4.98 Å². The van der Waals surface area contributed by atoms with Crippen LogP contribution in [0.5, 0.6) is 0 Å². The Kier molecular flexibility index (Phi) is 3.67. The highest BCUT2D eigenvalue weighted by Crippen LogP contribution is 2.29. The predicted octanol–water partition coefficient (Wildman–Crippen LogP) is 2.74. The van der Waals surface area contributed by atoms with Crippen LogP contribution in [0.25, 0.3) is 0 Å². The van der Waals surface area contributed by atoms with Crippen molar-refractivity contribution in [2.24, 2.45) is 7.05 Å². The zero-order valence-electron chi connectivity index (χ0n) is 10.1. The van der Waals surface area contributed by atoms with Crippen molar-refractivity contribution in [3.8, 4) is 0 Å². The molecule has 0 aromatic carbocycles. The van der Waals surface area contributed by atoms with E-state index in [1.54, 1.807) is 0 Å². The van der Waals surface area contributed by atoms with Gasteiger partial charge in [-0.05, 0) is 12.1 Å². The molecule has 0 spiro atoms. The Hall–Kier alpha value is -2.09. The van der Waals surface area contributed by atoms with Crippen molar-refractivity contribution in [1.82, 2.24) is 14.8 Å². The molecule has 0 bridgehead atoms. The number of rotatable bonds is 2. The lowest BCUT2D eigenvalue weighted by Gasteiger charge is -2.05. The van der Waals surface area contributed by atoms with Crippen molar-refractivity contribution in [2.45, 2.75) is 6.18 Å². The number of aryl methyl sites for hydroxylation is 1. The average molecular weight is 305 g/mol. The summed E-state index contributed by atoms with van der Waals surface area (Å²) in [6, 6.07) is 3.64. The van der Waals surface area contributed by atoms with Crippen LogP contribution in [-0.2, 0) is 13.2 Å². The number of alkyl halides is 3. The Labute approximate surface area is 116 Å². The van der Waals surface area contributed by atoms with Gasteiger partial charge in [0.05, 0.1) is 5.56 Å². The van der Waals surface area contributed by atoms with Crippen LogP contribution in [0.1, 0.15) is 16.1 Å². The molecule has 2 rings (SSSR count). The van der Waals surface area contributed by atoms with Crippen LogP contribution < -0.4 is 5.32 Å². The number of halogens is 4. The lowest BCUT2D eigenvalue weighted by atomic mass is 10.2. The lowest BCUT2D eigenvalue weighted by molar-refractivity contribution is -0.141. The van der Waals surface area contributed by atoms with Gasteiger partial charge in [-0.15, -0.1) is 0 Å². The van der Waals surface area contributed by atoms with Gasteiger partial charge in [-0.2, -0.15) is 18.3 Å². The summed E-state index contributed by atoms with van der Waals surface area (Å²) < 4.78 is 38.4. The summed E-state index contributed by atoms with van der Waals surface area (Å²) in [4.78, 5) is 15.6. The van der Waals surface area contributed by atoms with Crippen LogP contribution in [0, 0.1) is 0 Å². The molecular weight excluding hydrogens is 297 g/mol. The fourth-order valence-corrected chi connectivity index (χ4v) is 1.67. The summed E-state index contributed by atoms with van der Waals surface area (Å²) in [5.74, 6) is -0.762. The molecule has 0 aliphatic heterocycles. The van der Waals surface area contributed by atoms with E-state index < -0.39 is 17.8 Å². The van der Waals surface area contributed by atoms with E-state index in [4.69, 9.17) is 11.6 Å². The van der Waals surface area contributed by atoms with Crippen LogP contribution in [0.2, 0.25) is 5.15 Å². The smallest absolute Gasteiger partial charge is 0.307 e. The van der Waals surface area contributed by atoms with Crippen LogP contribution in [0.15, 0.2) is 24.4 Å². The van der Waals surface area contributed by atoms with E-state index in [-0.39, 0.29) is 16.5 Å². The highest BCUT2D eigenvalue weighted by atomic mass is 35.5. The number of anilines is 1. The fraction of sp³-hybridized carbons (Fsp3) is 0.182. The maximum Gasteiger partial charge on any atom is 0.435 e. The fourth-order valence-electron chi connectivity index (χ4n) is 1.46. The Morgan fingerprint density at radius 3 is 2.70 bits per heavy atom. The topological polar surface area (TPSA) is 59.8 Å². The summed E-state index contributed by atoms with van der Waals surface area (Å²) in [7, 11) is 1.29. The molecular formula is C11H8ClF3N4O. The molecule has 5 nitrogen and oxygen atoms in total. The number of nitrogens with zero attached hydrogens (tertiary/aromatic N) is 3. The van der Waals surface area contributed by atoms with Crippen LogP contribution in [0.4, 0.5) is 19.0 Å². The number of hydrogen-bond donors (Lipinski definition) is 1. The third kappa shape index (κ3) is 2.90. The first kappa shape index (κ1) is 14.3. The highest BCUT2D eigenvalue weighted by Gasteiger charge is 2.34. The van der Waals surface area contributed by atoms with Gasteiger partial charge in [0.2, 0.25) is 0 Å².